The maximum absolute atomic E-state index is 12.3. The Hall–Kier alpha value is -1.30. The van der Waals surface area contributed by atoms with Crippen LogP contribution in [0, 0.1) is 0 Å². The van der Waals surface area contributed by atoms with Crippen LogP contribution in [-0.2, 0) is 4.79 Å². The largest absolute Gasteiger partial charge is 0.480 e. The number of nitrogens with zero attached hydrogens (tertiary/aromatic N) is 2. The van der Waals surface area contributed by atoms with Crippen LogP contribution in [0.25, 0.3) is 0 Å². The SMILES string of the molecule is CN1CCCC(NC(=O)N2CCCC2(C)C(=O)O)C1. The Morgan fingerprint density at radius 3 is 2.68 bits per heavy atom. The average Bonchev–Trinajstić information content (AvgIpc) is 2.73. The van der Waals surface area contributed by atoms with E-state index in [2.05, 4.69) is 10.2 Å². The van der Waals surface area contributed by atoms with E-state index in [9.17, 15) is 14.7 Å². The molecule has 0 aromatic rings. The summed E-state index contributed by atoms with van der Waals surface area (Å²) in [4.78, 5) is 27.3. The highest BCUT2D eigenvalue weighted by Gasteiger charge is 2.46. The van der Waals surface area contributed by atoms with Gasteiger partial charge in [-0.25, -0.2) is 9.59 Å². The first kappa shape index (κ1) is 14.1. The monoisotopic (exact) mass is 269 g/mol. The molecule has 2 atom stereocenters. The molecule has 19 heavy (non-hydrogen) atoms. The van der Waals surface area contributed by atoms with Gasteiger partial charge in [-0.1, -0.05) is 0 Å². The number of aliphatic carboxylic acids is 1. The Labute approximate surface area is 113 Å². The Balaban J connectivity index is 1.97. The van der Waals surface area contributed by atoms with E-state index in [1.165, 1.54) is 4.90 Å². The van der Waals surface area contributed by atoms with Crippen LogP contribution in [0.5, 0.6) is 0 Å². The van der Waals surface area contributed by atoms with Gasteiger partial charge in [0.05, 0.1) is 0 Å². The van der Waals surface area contributed by atoms with Gasteiger partial charge in [0.25, 0.3) is 0 Å². The van der Waals surface area contributed by atoms with Gasteiger partial charge in [-0.05, 0) is 46.2 Å². The number of likely N-dealkylation sites (N-methyl/N-ethyl adjacent to an activating group) is 1. The number of amides is 2. The van der Waals surface area contributed by atoms with Crippen LogP contribution in [0.1, 0.15) is 32.6 Å². The summed E-state index contributed by atoms with van der Waals surface area (Å²) < 4.78 is 0. The van der Waals surface area contributed by atoms with Gasteiger partial charge in [-0.3, -0.25) is 0 Å². The molecule has 2 heterocycles. The van der Waals surface area contributed by atoms with Crippen molar-refractivity contribution in [2.75, 3.05) is 26.7 Å². The second-order valence-electron chi connectivity index (χ2n) is 5.89. The highest BCUT2D eigenvalue weighted by Crippen LogP contribution is 2.29. The topological polar surface area (TPSA) is 72.9 Å². The fraction of sp³-hybridized carbons (Fsp3) is 0.846. The van der Waals surface area contributed by atoms with Crippen molar-refractivity contribution in [2.24, 2.45) is 0 Å². The minimum absolute atomic E-state index is 0.130. The number of carbonyl (C=O) groups excluding carboxylic acids is 1. The molecule has 0 spiro atoms. The van der Waals surface area contributed by atoms with E-state index in [4.69, 9.17) is 0 Å². The number of hydrogen-bond donors (Lipinski definition) is 2. The Kier molecular flexibility index (Phi) is 3.99. The molecule has 0 aromatic carbocycles. The first-order valence-corrected chi connectivity index (χ1v) is 6.93. The summed E-state index contributed by atoms with van der Waals surface area (Å²) in [6, 6.07) is -0.104. The highest BCUT2D eigenvalue weighted by molar-refractivity contribution is 5.86. The molecule has 0 aliphatic carbocycles. The lowest BCUT2D eigenvalue weighted by Crippen LogP contribution is -2.57. The van der Waals surface area contributed by atoms with Crippen molar-refractivity contribution >= 4 is 12.0 Å². The number of likely N-dealkylation sites (tertiary alicyclic amines) is 2. The second kappa shape index (κ2) is 5.36. The van der Waals surface area contributed by atoms with Gasteiger partial charge < -0.3 is 20.2 Å². The molecule has 6 heteroatoms. The summed E-state index contributed by atoms with van der Waals surface area (Å²) in [5, 5.41) is 12.3. The van der Waals surface area contributed by atoms with Gasteiger partial charge >= 0.3 is 12.0 Å². The van der Waals surface area contributed by atoms with Gasteiger partial charge in [0.15, 0.2) is 0 Å². The fourth-order valence-electron chi connectivity index (χ4n) is 3.05. The zero-order valence-corrected chi connectivity index (χ0v) is 11.7. The number of rotatable bonds is 2. The minimum atomic E-state index is -1.05. The third-order valence-electron chi connectivity index (χ3n) is 4.30. The van der Waals surface area contributed by atoms with E-state index in [0.717, 1.165) is 32.4 Å². The van der Waals surface area contributed by atoms with Crippen molar-refractivity contribution in [3.8, 4) is 0 Å². The van der Waals surface area contributed by atoms with Crippen LogP contribution < -0.4 is 5.32 Å². The maximum atomic E-state index is 12.3. The first-order valence-electron chi connectivity index (χ1n) is 6.93. The van der Waals surface area contributed by atoms with Gasteiger partial charge in [0.1, 0.15) is 5.54 Å². The molecule has 2 saturated heterocycles. The molecule has 0 saturated carbocycles. The Bertz CT molecular complexity index is 374. The van der Waals surface area contributed by atoms with Crippen molar-refractivity contribution in [1.82, 2.24) is 15.1 Å². The number of hydrogen-bond acceptors (Lipinski definition) is 3. The summed E-state index contributed by atoms with van der Waals surface area (Å²) in [5.74, 6) is -0.916. The summed E-state index contributed by atoms with van der Waals surface area (Å²) >= 11 is 0. The highest BCUT2D eigenvalue weighted by atomic mass is 16.4. The molecule has 2 unspecified atom stereocenters. The number of piperidine rings is 1. The van der Waals surface area contributed by atoms with E-state index in [1.54, 1.807) is 6.92 Å². The van der Waals surface area contributed by atoms with Crippen molar-refractivity contribution in [2.45, 2.75) is 44.2 Å². The lowest BCUT2D eigenvalue weighted by molar-refractivity contribution is -0.147. The molecule has 2 aliphatic rings. The molecule has 2 fully saturated rings. The molecule has 2 rings (SSSR count). The van der Waals surface area contributed by atoms with E-state index in [0.29, 0.717) is 13.0 Å². The van der Waals surface area contributed by atoms with Gasteiger partial charge in [-0.15, -0.1) is 0 Å². The zero-order chi connectivity index (χ0) is 14.0. The van der Waals surface area contributed by atoms with Crippen molar-refractivity contribution in [3.05, 3.63) is 0 Å². The molecular weight excluding hydrogens is 246 g/mol. The molecule has 2 N–H and O–H groups in total. The van der Waals surface area contributed by atoms with Crippen LogP contribution >= 0.6 is 0 Å². The van der Waals surface area contributed by atoms with Crippen LogP contribution in [0.2, 0.25) is 0 Å². The summed E-state index contributed by atoms with van der Waals surface area (Å²) in [7, 11) is 2.04. The molecule has 2 amide bonds. The summed E-state index contributed by atoms with van der Waals surface area (Å²) in [5.41, 5.74) is -1.05. The summed E-state index contributed by atoms with van der Waals surface area (Å²) in [6.07, 6.45) is 3.31. The minimum Gasteiger partial charge on any atom is -0.480 e. The van der Waals surface area contributed by atoms with Crippen molar-refractivity contribution < 1.29 is 14.7 Å². The van der Waals surface area contributed by atoms with E-state index in [-0.39, 0.29) is 12.1 Å². The van der Waals surface area contributed by atoms with Crippen LogP contribution in [0.4, 0.5) is 4.79 Å². The van der Waals surface area contributed by atoms with Crippen molar-refractivity contribution in [3.63, 3.8) is 0 Å². The first-order chi connectivity index (χ1) is 8.93. The normalized spacial score (nSPS) is 32.3. The Morgan fingerprint density at radius 1 is 1.32 bits per heavy atom. The molecule has 0 aromatic heterocycles. The van der Waals surface area contributed by atoms with E-state index in [1.807, 2.05) is 7.05 Å². The van der Waals surface area contributed by atoms with Gasteiger partial charge in [0.2, 0.25) is 0 Å². The van der Waals surface area contributed by atoms with Crippen molar-refractivity contribution in [1.29, 1.82) is 0 Å². The molecule has 6 nitrogen and oxygen atoms in total. The molecule has 108 valence electrons. The smallest absolute Gasteiger partial charge is 0.329 e. The fourth-order valence-corrected chi connectivity index (χ4v) is 3.05. The summed E-state index contributed by atoms with van der Waals surface area (Å²) in [6.45, 7) is 4.05. The number of carbonyl (C=O) groups is 2. The maximum Gasteiger partial charge on any atom is 0.329 e. The van der Waals surface area contributed by atoms with E-state index >= 15 is 0 Å². The van der Waals surface area contributed by atoms with Gasteiger partial charge in [-0.2, -0.15) is 0 Å². The average molecular weight is 269 g/mol. The molecule has 0 bridgehead atoms. The standard InChI is InChI=1S/C13H23N3O3/c1-13(11(17)18)6-4-8-16(13)12(19)14-10-5-3-7-15(2)9-10/h10H,3-9H2,1-2H3,(H,14,19)(H,17,18). The Morgan fingerprint density at radius 2 is 2.05 bits per heavy atom. The third-order valence-corrected chi connectivity index (χ3v) is 4.30. The predicted octanol–water partition coefficient (Wildman–Crippen LogP) is 0.729. The van der Waals surface area contributed by atoms with Crippen LogP contribution in [-0.4, -0.2) is 65.2 Å². The molecule has 2 aliphatic heterocycles. The van der Waals surface area contributed by atoms with Gasteiger partial charge in [0, 0.05) is 19.1 Å². The predicted molar refractivity (Wildman–Crippen MR) is 71.0 cm³/mol. The number of nitrogens with one attached hydrogen (secondary N) is 1. The third kappa shape index (κ3) is 2.83. The number of carboxylic acids is 1. The van der Waals surface area contributed by atoms with Crippen LogP contribution in [0.15, 0.2) is 0 Å². The number of carboxylic acid groups (broad SMARTS) is 1. The lowest BCUT2D eigenvalue weighted by Gasteiger charge is -2.35. The van der Waals surface area contributed by atoms with Crippen LogP contribution in [0.3, 0.4) is 0 Å². The quantitative estimate of drug-likeness (QED) is 0.775. The second-order valence-corrected chi connectivity index (χ2v) is 5.89. The lowest BCUT2D eigenvalue weighted by atomic mass is 9.99. The number of urea groups is 1. The zero-order valence-electron chi connectivity index (χ0n) is 11.7. The van der Waals surface area contributed by atoms with E-state index < -0.39 is 11.5 Å². The molecule has 0 radical (unpaired) electrons. The molecular formula is C13H23N3O3.